The molecule has 1 aliphatic rings. The van der Waals surface area contributed by atoms with E-state index in [1.807, 2.05) is 16.5 Å². The molecule has 112 valence electrons. The molecule has 5 heteroatoms. The molecule has 1 fully saturated rings. The van der Waals surface area contributed by atoms with E-state index in [9.17, 15) is 4.79 Å². The van der Waals surface area contributed by atoms with Crippen LogP contribution in [0.5, 0.6) is 0 Å². The van der Waals surface area contributed by atoms with Crippen LogP contribution < -0.4 is 5.32 Å². The van der Waals surface area contributed by atoms with Gasteiger partial charge in [0.05, 0.1) is 5.02 Å². The van der Waals surface area contributed by atoms with Gasteiger partial charge in [0, 0.05) is 32.4 Å². The number of rotatable bonds is 6. The Hall–Kier alpha value is -1.00. The molecule has 2 heterocycles. The summed E-state index contributed by atoms with van der Waals surface area (Å²) >= 11 is 5.99. The normalized spacial score (nSPS) is 18.4. The molecule has 20 heavy (non-hydrogen) atoms. The molecule has 1 unspecified atom stereocenters. The summed E-state index contributed by atoms with van der Waals surface area (Å²) in [6.45, 7) is 4.82. The minimum absolute atomic E-state index is 0.0848. The van der Waals surface area contributed by atoms with E-state index in [0.29, 0.717) is 16.8 Å². The Balaban J connectivity index is 2.07. The number of unbranched alkanes of at least 4 members (excludes halogenated alkanes) is 1. The lowest BCUT2D eigenvalue weighted by Gasteiger charge is -2.26. The summed E-state index contributed by atoms with van der Waals surface area (Å²) in [5, 5.41) is 4.08. The minimum Gasteiger partial charge on any atom is -0.345 e. The first-order valence-electron chi connectivity index (χ1n) is 7.46. The van der Waals surface area contributed by atoms with Crippen LogP contribution in [0, 0.1) is 0 Å². The molecule has 2 rings (SSSR count). The third-order valence-electron chi connectivity index (χ3n) is 3.86. The van der Waals surface area contributed by atoms with E-state index in [0.717, 1.165) is 38.9 Å². The smallest absolute Gasteiger partial charge is 0.270 e. The summed E-state index contributed by atoms with van der Waals surface area (Å²) in [6, 6.07) is 2.19. The highest BCUT2D eigenvalue weighted by Crippen LogP contribution is 2.16. The van der Waals surface area contributed by atoms with Gasteiger partial charge in [0.1, 0.15) is 5.69 Å². The molecule has 0 radical (unpaired) electrons. The number of carbonyl (C=O) groups is 1. The van der Waals surface area contributed by atoms with Gasteiger partial charge < -0.3 is 14.8 Å². The van der Waals surface area contributed by atoms with Gasteiger partial charge in [0.15, 0.2) is 0 Å². The first kappa shape index (κ1) is 15.4. The predicted molar refractivity (Wildman–Crippen MR) is 82.3 cm³/mol. The van der Waals surface area contributed by atoms with Gasteiger partial charge in [0.2, 0.25) is 0 Å². The number of hydrogen-bond donors (Lipinski definition) is 1. The van der Waals surface area contributed by atoms with Gasteiger partial charge in [-0.1, -0.05) is 24.9 Å². The summed E-state index contributed by atoms with van der Waals surface area (Å²) in [5.74, 6) is 0.0848. The Morgan fingerprint density at radius 3 is 2.95 bits per heavy atom. The first-order valence-corrected chi connectivity index (χ1v) is 7.84. The standard InChI is InChI=1S/C15H24ClN3O/c1-3-4-8-19(11-13-6-5-7-17-13)15(20)14-9-12(16)10-18(14)2/h9-10,13,17H,3-8,11H2,1-2H3. The van der Waals surface area contributed by atoms with Crippen molar-refractivity contribution in [3.8, 4) is 0 Å². The van der Waals surface area contributed by atoms with Crippen molar-refractivity contribution in [3.63, 3.8) is 0 Å². The Morgan fingerprint density at radius 1 is 1.60 bits per heavy atom. The van der Waals surface area contributed by atoms with Gasteiger partial charge in [-0.2, -0.15) is 0 Å². The molecule has 0 bridgehead atoms. The number of aryl methyl sites for hydroxylation is 1. The Kier molecular flexibility index (Phi) is 5.49. The highest BCUT2D eigenvalue weighted by molar-refractivity contribution is 6.31. The molecule has 1 saturated heterocycles. The average Bonchev–Trinajstić information content (AvgIpc) is 3.03. The summed E-state index contributed by atoms with van der Waals surface area (Å²) in [5.41, 5.74) is 0.670. The van der Waals surface area contributed by atoms with Crippen molar-refractivity contribution in [3.05, 3.63) is 23.0 Å². The third kappa shape index (κ3) is 3.76. The van der Waals surface area contributed by atoms with Gasteiger partial charge >= 0.3 is 0 Å². The zero-order chi connectivity index (χ0) is 14.5. The minimum atomic E-state index is 0.0848. The van der Waals surface area contributed by atoms with Crippen molar-refractivity contribution in [2.75, 3.05) is 19.6 Å². The summed E-state index contributed by atoms with van der Waals surface area (Å²) < 4.78 is 1.81. The zero-order valence-electron chi connectivity index (χ0n) is 12.4. The second kappa shape index (κ2) is 7.14. The molecular formula is C15H24ClN3O. The molecule has 1 aromatic rings. The molecule has 0 aromatic carbocycles. The maximum absolute atomic E-state index is 12.7. The van der Waals surface area contributed by atoms with Crippen LogP contribution in [0.4, 0.5) is 0 Å². The average molecular weight is 298 g/mol. The van der Waals surface area contributed by atoms with Crippen molar-refractivity contribution < 1.29 is 4.79 Å². The molecule has 1 aromatic heterocycles. The van der Waals surface area contributed by atoms with E-state index in [1.54, 1.807) is 12.3 Å². The number of nitrogens with one attached hydrogen (secondary N) is 1. The predicted octanol–water partition coefficient (Wildman–Crippen LogP) is 2.67. The molecule has 4 nitrogen and oxygen atoms in total. The monoisotopic (exact) mass is 297 g/mol. The Labute approximate surface area is 126 Å². The van der Waals surface area contributed by atoms with E-state index in [4.69, 9.17) is 11.6 Å². The fraction of sp³-hybridized carbons (Fsp3) is 0.667. The lowest BCUT2D eigenvalue weighted by atomic mass is 10.2. The second-order valence-corrected chi connectivity index (χ2v) is 5.99. The number of amides is 1. The number of nitrogens with zero attached hydrogens (tertiary/aromatic N) is 2. The van der Waals surface area contributed by atoms with E-state index in [-0.39, 0.29) is 5.91 Å². The fourth-order valence-corrected chi connectivity index (χ4v) is 2.95. The molecule has 0 aliphatic carbocycles. The van der Waals surface area contributed by atoms with Crippen LogP contribution in [-0.2, 0) is 7.05 Å². The highest BCUT2D eigenvalue weighted by Gasteiger charge is 2.23. The van der Waals surface area contributed by atoms with Crippen LogP contribution in [0.25, 0.3) is 0 Å². The van der Waals surface area contributed by atoms with Crippen LogP contribution in [-0.4, -0.2) is 41.1 Å². The number of aromatic nitrogens is 1. The van der Waals surface area contributed by atoms with Gasteiger partial charge in [-0.05, 0) is 31.9 Å². The molecule has 1 amide bonds. The van der Waals surface area contributed by atoms with Gasteiger partial charge in [0.25, 0.3) is 5.91 Å². The van der Waals surface area contributed by atoms with E-state index < -0.39 is 0 Å². The van der Waals surface area contributed by atoms with E-state index in [1.165, 1.54) is 6.42 Å². The molecule has 1 aliphatic heterocycles. The second-order valence-electron chi connectivity index (χ2n) is 5.55. The van der Waals surface area contributed by atoms with Gasteiger partial charge in [-0.3, -0.25) is 4.79 Å². The van der Waals surface area contributed by atoms with Crippen LogP contribution in [0.3, 0.4) is 0 Å². The highest BCUT2D eigenvalue weighted by atomic mass is 35.5. The van der Waals surface area contributed by atoms with Gasteiger partial charge in [-0.15, -0.1) is 0 Å². The van der Waals surface area contributed by atoms with E-state index >= 15 is 0 Å². The van der Waals surface area contributed by atoms with Crippen LogP contribution in [0.15, 0.2) is 12.3 Å². The largest absolute Gasteiger partial charge is 0.345 e. The SMILES string of the molecule is CCCCN(CC1CCCN1)C(=O)c1cc(Cl)cn1C. The maximum atomic E-state index is 12.7. The summed E-state index contributed by atoms with van der Waals surface area (Å²) in [4.78, 5) is 14.7. The number of carbonyl (C=O) groups excluding carboxylic acids is 1. The molecule has 1 atom stereocenters. The fourth-order valence-electron chi connectivity index (χ4n) is 2.70. The topological polar surface area (TPSA) is 37.3 Å². The first-order chi connectivity index (χ1) is 9.61. The molecule has 0 spiro atoms. The molecule has 1 N–H and O–H groups in total. The van der Waals surface area contributed by atoms with Crippen molar-refractivity contribution in [1.29, 1.82) is 0 Å². The van der Waals surface area contributed by atoms with Crippen molar-refractivity contribution in [2.24, 2.45) is 7.05 Å². The Bertz CT molecular complexity index is 452. The van der Waals surface area contributed by atoms with Crippen molar-refractivity contribution in [2.45, 2.75) is 38.6 Å². The van der Waals surface area contributed by atoms with Crippen LogP contribution in [0.1, 0.15) is 43.1 Å². The summed E-state index contributed by atoms with van der Waals surface area (Å²) in [7, 11) is 1.87. The lowest BCUT2D eigenvalue weighted by Crippen LogP contribution is -2.42. The lowest BCUT2D eigenvalue weighted by molar-refractivity contribution is 0.0730. The van der Waals surface area contributed by atoms with Gasteiger partial charge in [-0.25, -0.2) is 0 Å². The molecule has 0 saturated carbocycles. The maximum Gasteiger partial charge on any atom is 0.270 e. The zero-order valence-corrected chi connectivity index (χ0v) is 13.1. The summed E-state index contributed by atoms with van der Waals surface area (Å²) in [6.07, 6.45) is 6.27. The van der Waals surface area contributed by atoms with Crippen molar-refractivity contribution >= 4 is 17.5 Å². The van der Waals surface area contributed by atoms with Crippen molar-refractivity contribution in [1.82, 2.24) is 14.8 Å². The Morgan fingerprint density at radius 2 is 2.40 bits per heavy atom. The van der Waals surface area contributed by atoms with E-state index in [2.05, 4.69) is 12.2 Å². The van der Waals surface area contributed by atoms with Crippen LogP contribution >= 0.6 is 11.6 Å². The number of halogens is 1. The number of hydrogen-bond acceptors (Lipinski definition) is 2. The molecular weight excluding hydrogens is 274 g/mol. The third-order valence-corrected chi connectivity index (χ3v) is 4.07. The van der Waals surface area contributed by atoms with Crippen LogP contribution in [0.2, 0.25) is 5.02 Å². The quantitative estimate of drug-likeness (QED) is 0.876.